The Morgan fingerprint density at radius 3 is 2.44 bits per heavy atom. The maximum Gasteiger partial charge on any atom is 0.0630 e. The van der Waals surface area contributed by atoms with Gasteiger partial charge in [-0.05, 0) is 51.1 Å². The second-order valence-corrected chi connectivity index (χ2v) is 4.74. The fraction of sp³-hybridized carbons (Fsp3) is 0.267. The number of aliphatic imine (C=N–C) groups is 1. The Kier molecular flexibility index (Phi) is 3.87. The molecule has 1 aromatic heterocycles. The number of hydrogen-bond acceptors (Lipinski definition) is 1. The quantitative estimate of drug-likeness (QED) is 0.722. The lowest BCUT2D eigenvalue weighted by Crippen LogP contribution is -1.99. The maximum absolute atomic E-state index is 5.84. The highest BCUT2D eigenvalue weighted by Crippen LogP contribution is 2.18. The van der Waals surface area contributed by atoms with Crippen LogP contribution in [-0.4, -0.2) is 10.8 Å². The summed E-state index contributed by atoms with van der Waals surface area (Å²) in [7, 11) is 0. The molecule has 0 bridgehead atoms. The minimum Gasteiger partial charge on any atom is -0.349 e. The summed E-state index contributed by atoms with van der Waals surface area (Å²) in [4.78, 5) is 4.47. The zero-order valence-corrected chi connectivity index (χ0v) is 11.7. The first-order valence-corrected chi connectivity index (χ1v) is 6.46. The van der Waals surface area contributed by atoms with Crippen LogP contribution in [0.1, 0.15) is 23.9 Å². The molecule has 2 nitrogen and oxygen atoms in total. The highest BCUT2D eigenvalue weighted by Gasteiger charge is 2.05. The van der Waals surface area contributed by atoms with E-state index in [1.165, 1.54) is 17.0 Å². The number of halogens is 1. The third-order valence-corrected chi connectivity index (χ3v) is 3.36. The molecule has 2 rings (SSSR count). The average molecular weight is 261 g/mol. The van der Waals surface area contributed by atoms with E-state index in [4.69, 9.17) is 11.6 Å². The third kappa shape index (κ3) is 2.65. The van der Waals surface area contributed by atoms with E-state index in [0.29, 0.717) is 0 Å². The Morgan fingerprint density at radius 2 is 1.89 bits per heavy atom. The monoisotopic (exact) mass is 260 g/mol. The first kappa shape index (κ1) is 12.9. The lowest BCUT2D eigenvalue weighted by atomic mass is 10.2. The van der Waals surface area contributed by atoms with E-state index in [9.17, 15) is 0 Å². The first-order chi connectivity index (χ1) is 8.61. The predicted molar refractivity (Wildman–Crippen MR) is 78.3 cm³/mol. The van der Waals surface area contributed by atoms with Crippen molar-refractivity contribution in [3.63, 3.8) is 0 Å². The van der Waals surface area contributed by atoms with Gasteiger partial charge in [0.25, 0.3) is 0 Å². The van der Waals surface area contributed by atoms with Crippen molar-refractivity contribution in [2.45, 2.75) is 27.3 Å². The fourth-order valence-electron chi connectivity index (χ4n) is 2.12. The van der Waals surface area contributed by atoms with Gasteiger partial charge in [-0.2, -0.15) is 0 Å². The SMILES string of the molecule is CCn1c(C)cc(C=Nc2ccc(Cl)cc2)c1C. The molecule has 0 saturated carbocycles. The molecule has 0 aliphatic heterocycles. The van der Waals surface area contributed by atoms with Crippen LogP contribution in [-0.2, 0) is 6.54 Å². The predicted octanol–water partition coefficient (Wildman–Crippen LogP) is 4.53. The molecule has 1 heterocycles. The van der Waals surface area contributed by atoms with Crippen molar-refractivity contribution in [3.8, 4) is 0 Å². The van der Waals surface area contributed by atoms with Crippen molar-refractivity contribution in [2.24, 2.45) is 4.99 Å². The summed E-state index contributed by atoms with van der Waals surface area (Å²) in [6, 6.07) is 9.70. The van der Waals surface area contributed by atoms with Crippen LogP contribution in [0.3, 0.4) is 0 Å². The minimum atomic E-state index is 0.734. The van der Waals surface area contributed by atoms with Crippen LogP contribution < -0.4 is 0 Å². The maximum atomic E-state index is 5.84. The molecule has 0 amide bonds. The van der Waals surface area contributed by atoms with Crippen molar-refractivity contribution < 1.29 is 0 Å². The summed E-state index contributed by atoms with van der Waals surface area (Å²) in [6.45, 7) is 7.39. The van der Waals surface area contributed by atoms with Crippen LogP contribution in [0.15, 0.2) is 35.3 Å². The Bertz CT molecular complexity index is 565. The number of aromatic nitrogens is 1. The zero-order chi connectivity index (χ0) is 13.1. The number of hydrogen-bond donors (Lipinski definition) is 0. The summed E-state index contributed by atoms with van der Waals surface area (Å²) in [6.07, 6.45) is 1.91. The van der Waals surface area contributed by atoms with E-state index in [-0.39, 0.29) is 0 Å². The largest absolute Gasteiger partial charge is 0.349 e. The van der Waals surface area contributed by atoms with Crippen LogP contribution in [0.4, 0.5) is 5.69 Å². The van der Waals surface area contributed by atoms with Gasteiger partial charge < -0.3 is 4.57 Å². The van der Waals surface area contributed by atoms with Crippen molar-refractivity contribution in [1.82, 2.24) is 4.57 Å². The zero-order valence-electron chi connectivity index (χ0n) is 10.9. The van der Waals surface area contributed by atoms with Crippen molar-refractivity contribution >= 4 is 23.5 Å². The number of benzene rings is 1. The summed E-state index contributed by atoms with van der Waals surface area (Å²) in [5, 5.41) is 0.734. The molecule has 0 N–H and O–H groups in total. The fourth-order valence-corrected chi connectivity index (χ4v) is 2.24. The molecule has 0 spiro atoms. The van der Waals surface area contributed by atoms with Crippen molar-refractivity contribution in [3.05, 3.63) is 52.3 Å². The van der Waals surface area contributed by atoms with Gasteiger partial charge in [-0.3, -0.25) is 4.99 Å². The van der Waals surface area contributed by atoms with Crippen LogP contribution in [0.25, 0.3) is 0 Å². The molecule has 18 heavy (non-hydrogen) atoms. The van der Waals surface area contributed by atoms with Gasteiger partial charge in [-0.1, -0.05) is 11.6 Å². The molecule has 94 valence electrons. The van der Waals surface area contributed by atoms with Crippen molar-refractivity contribution in [2.75, 3.05) is 0 Å². The van der Waals surface area contributed by atoms with Gasteiger partial charge in [0, 0.05) is 34.7 Å². The van der Waals surface area contributed by atoms with Gasteiger partial charge in [0.1, 0.15) is 0 Å². The highest BCUT2D eigenvalue weighted by molar-refractivity contribution is 6.30. The summed E-state index contributed by atoms with van der Waals surface area (Å²) < 4.78 is 2.28. The molecule has 0 saturated heterocycles. The van der Waals surface area contributed by atoms with E-state index in [0.717, 1.165) is 17.3 Å². The van der Waals surface area contributed by atoms with Gasteiger partial charge in [0.15, 0.2) is 0 Å². The van der Waals surface area contributed by atoms with Crippen LogP contribution in [0.2, 0.25) is 5.02 Å². The summed E-state index contributed by atoms with van der Waals surface area (Å²) in [5.74, 6) is 0. The molecule has 0 fully saturated rings. The Morgan fingerprint density at radius 1 is 1.22 bits per heavy atom. The Labute approximate surface area is 113 Å². The van der Waals surface area contributed by atoms with Gasteiger partial charge >= 0.3 is 0 Å². The third-order valence-electron chi connectivity index (χ3n) is 3.11. The first-order valence-electron chi connectivity index (χ1n) is 6.08. The van der Waals surface area contributed by atoms with E-state index in [2.05, 4.69) is 36.4 Å². The lowest BCUT2D eigenvalue weighted by molar-refractivity contribution is 0.718. The standard InChI is InChI=1S/C15H17ClN2/c1-4-18-11(2)9-13(12(18)3)10-17-15-7-5-14(16)6-8-15/h5-10H,4H2,1-3H3. The summed E-state index contributed by atoms with van der Waals surface area (Å²) in [5.41, 5.74) is 4.62. The summed E-state index contributed by atoms with van der Waals surface area (Å²) >= 11 is 5.84. The smallest absolute Gasteiger partial charge is 0.0630 e. The normalized spacial score (nSPS) is 11.3. The molecule has 2 aromatic rings. The molecule has 0 atom stereocenters. The van der Waals surface area contributed by atoms with E-state index < -0.39 is 0 Å². The van der Waals surface area contributed by atoms with E-state index >= 15 is 0 Å². The lowest BCUT2D eigenvalue weighted by Gasteiger charge is -2.04. The van der Waals surface area contributed by atoms with Gasteiger partial charge in [0.2, 0.25) is 0 Å². The molecular weight excluding hydrogens is 244 g/mol. The molecule has 1 aromatic carbocycles. The molecule has 0 aliphatic rings. The number of nitrogens with zero attached hydrogens (tertiary/aromatic N) is 2. The van der Waals surface area contributed by atoms with E-state index in [1.54, 1.807) is 0 Å². The highest BCUT2D eigenvalue weighted by atomic mass is 35.5. The van der Waals surface area contributed by atoms with Gasteiger partial charge in [-0.15, -0.1) is 0 Å². The second-order valence-electron chi connectivity index (χ2n) is 4.31. The molecular formula is C15H17ClN2. The van der Waals surface area contributed by atoms with Crippen LogP contribution in [0, 0.1) is 13.8 Å². The van der Waals surface area contributed by atoms with Crippen molar-refractivity contribution in [1.29, 1.82) is 0 Å². The minimum absolute atomic E-state index is 0.734. The van der Waals surface area contributed by atoms with E-state index in [1.807, 2.05) is 30.5 Å². The Hall–Kier alpha value is -1.54. The average Bonchev–Trinajstić information content (AvgIpc) is 2.63. The Balaban J connectivity index is 2.26. The van der Waals surface area contributed by atoms with Gasteiger partial charge in [0.05, 0.1) is 5.69 Å². The number of aryl methyl sites for hydroxylation is 1. The number of rotatable bonds is 3. The topological polar surface area (TPSA) is 17.3 Å². The van der Waals surface area contributed by atoms with Crippen LogP contribution in [0.5, 0.6) is 0 Å². The molecule has 3 heteroatoms. The molecule has 0 aliphatic carbocycles. The van der Waals surface area contributed by atoms with Crippen LogP contribution >= 0.6 is 11.6 Å². The van der Waals surface area contributed by atoms with Gasteiger partial charge in [-0.25, -0.2) is 0 Å². The molecule has 0 radical (unpaired) electrons. The second kappa shape index (κ2) is 5.40. The molecule has 0 unspecified atom stereocenters.